The molecule has 2 aromatic rings. The molecule has 5 heteroatoms. The molecule has 0 saturated carbocycles. The molecule has 0 fully saturated rings. The Labute approximate surface area is 86.0 Å². The standard InChI is InChI=1S/C9H11N3OS/c1-10-3-4-13-8-7-2-5-14-9(7)12-6-11-8/h2,5-6,10H,3-4H2,1H3. The number of hydrogen-bond acceptors (Lipinski definition) is 5. The van der Waals surface area contributed by atoms with Gasteiger partial charge < -0.3 is 10.1 Å². The lowest BCUT2D eigenvalue weighted by atomic mass is 10.4. The van der Waals surface area contributed by atoms with Gasteiger partial charge in [-0.1, -0.05) is 0 Å². The van der Waals surface area contributed by atoms with Gasteiger partial charge in [0.1, 0.15) is 17.8 Å². The fourth-order valence-corrected chi connectivity index (χ4v) is 1.86. The first-order valence-electron chi connectivity index (χ1n) is 4.37. The van der Waals surface area contributed by atoms with Gasteiger partial charge in [0.05, 0.1) is 5.39 Å². The molecule has 0 aliphatic carbocycles. The van der Waals surface area contributed by atoms with Gasteiger partial charge >= 0.3 is 0 Å². The maximum Gasteiger partial charge on any atom is 0.225 e. The molecule has 1 N–H and O–H groups in total. The Morgan fingerprint density at radius 1 is 1.50 bits per heavy atom. The van der Waals surface area contributed by atoms with Crippen molar-refractivity contribution in [3.63, 3.8) is 0 Å². The average molecular weight is 209 g/mol. The Morgan fingerprint density at radius 3 is 3.29 bits per heavy atom. The first-order valence-corrected chi connectivity index (χ1v) is 5.25. The van der Waals surface area contributed by atoms with E-state index in [1.807, 2.05) is 18.5 Å². The minimum absolute atomic E-state index is 0.623. The van der Waals surface area contributed by atoms with E-state index in [9.17, 15) is 0 Å². The van der Waals surface area contributed by atoms with E-state index < -0.39 is 0 Å². The molecule has 0 bridgehead atoms. The van der Waals surface area contributed by atoms with Crippen LogP contribution in [-0.4, -0.2) is 30.2 Å². The molecule has 4 nitrogen and oxygen atoms in total. The van der Waals surface area contributed by atoms with Gasteiger partial charge in [-0.2, -0.15) is 0 Å². The van der Waals surface area contributed by atoms with Crippen molar-refractivity contribution < 1.29 is 4.74 Å². The second-order valence-corrected chi connectivity index (χ2v) is 3.66. The van der Waals surface area contributed by atoms with E-state index in [1.165, 1.54) is 6.33 Å². The fraction of sp³-hybridized carbons (Fsp3) is 0.333. The number of fused-ring (bicyclic) bond motifs is 1. The zero-order valence-electron chi connectivity index (χ0n) is 7.86. The van der Waals surface area contributed by atoms with Crippen LogP contribution in [0.25, 0.3) is 10.2 Å². The molecule has 0 aliphatic heterocycles. The van der Waals surface area contributed by atoms with E-state index in [-0.39, 0.29) is 0 Å². The summed E-state index contributed by atoms with van der Waals surface area (Å²) in [6.45, 7) is 1.44. The lowest BCUT2D eigenvalue weighted by Gasteiger charge is -2.04. The third-order valence-corrected chi connectivity index (χ3v) is 2.64. The molecule has 0 aromatic carbocycles. The van der Waals surface area contributed by atoms with E-state index >= 15 is 0 Å². The summed E-state index contributed by atoms with van der Waals surface area (Å²) in [4.78, 5) is 9.21. The average Bonchev–Trinajstić information content (AvgIpc) is 2.67. The number of nitrogens with one attached hydrogen (secondary N) is 1. The highest BCUT2D eigenvalue weighted by atomic mass is 32.1. The van der Waals surface area contributed by atoms with Gasteiger partial charge in [0, 0.05) is 6.54 Å². The molecule has 0 amide bonds. The van der Waals surface area contributed by atoms with Gasteiger partial charge in [0.2, 0.25) is 5.88 Å². The molecule has 0 aliphatic rings. The third-order valence-electron chi connectivity index (χ3n) is 1.82. The highest BCUT2D eigenvalue weighted by Crippen LogP contribution is 2.25. The first kappa shape index (κ1) is 9.36. The molecule has 2 aromatic heterocycles. The molecule has 2 heterocycles. The Bertz CT molecular complexity index is 415. The maximum atomic E-state index is 5.51. The summed E-state index contributed by atoms with van der Waals surface area (Å²) in [6, 6.07) is 1.98. The van der Waals surface area contributed by atoms with Crippen molar-refractivity contribution in [1.82, 2.24) is 15.3 Å². The van der Waals surface area contributed by atoms with Gasteiger partial charge in [-0.05, 0) is 18.5 Å². The summed E-state index contributed by atoms with van der Waals surface area (Å²) in [5, 5.41) is 6.00. The third kappa shape index (κ3) is 1.83. The Kier molecular flexibility index (Phi) is 2.90. The lowest BCUT2D eigenvalue weighted by Crippen LogP contribution is -2.16. The quantitative estimate of drug-likeness (QED) is 0.771. The van der Waals surface area contributed by atoms with Gasteiger partial charge in [-0.15, -0.1) is 11.3 Å². The largest absolute Gasteiger partial charge is 0.476 e. The van der Waals surface area contributed by atoms with Gasteiger partial charge in [0.25, 0.3) is 0 Å². The maximum absolute atomic E-state index is 5.51. The molecule has 0 atom stereocenters. The zero-order valence-corrected chi connectivity index (χ0v) is 8.67. The Morgan fingerprint density at radius 2 is 2.43 bits per heavy atom. The predicted octanol–water partition coefficient (Wildman–Crippen LogP) is 1.29. The van der Waals surface area contributed by atoms with Crippen LogP contribution >= 0.6 is 11.3 Å². The van der Waals surface area contributed by atoms with E-state index in [1.54, 1.807) is 11.3 Å². The molecule has 0 saturated heterocycles. The summed E-state index contributed by atoms with van der Waals surface area (Å²) >= 11 is 1.59. The van der Waals surface area contributed by atoms with Crippen LogP contribution in [-0.2, 0) is 0 Å². The number of likely N-dealkylation sites (N-methyl/N-ethyl adjacent to an activating group) is 1. The number of aromatic nitrogens is 2. The van der Waals surface area contributed by atoms with Gasteiger partial charge in [-0.25, -0.2) is 9.97 Å². The SMILES string of the molecule is CNCCOc1ncnc2sccc12. The molecule has 0 spiro atoms. The van der Waals surface area contributed by atoms with Crippen LogP contribution in [0.15, 0.2) is 17.8 Å². The molecule has 14 heavy (non-hydrogen) atoms. The van der Waals surface area contributed by atoms with Gasteiger partial charge in [-0.3, -0.25) is 0 Å². The summed E-state index contributed by atoms with van der Waals surface area (Å²) < 4.78 is 5.51. The molecule has 0 unspecified atom stereocenters. The van der Waals surface area contributed by atoms with Crippen LogP contribution in [0.5, 0.6) is 5.88 Å². The number of rotatable bonds is 4. The highest BCUT2D eigenvalue weighted by molar-refractivity contribution is 7.16. The summed E-state index contributed by atoms with van der Waals surface area (Å²) in [6.07, 6.45) is 1.54. The van der Waals surface area contributed by atoms with Crippen LogP contribution in [0.2, 0.25) is 0 Å². The van der Waals surface area contributed by atoms with Crippen molar-refractivity contribution >= 4 is 21.6 Å². The van der Waals surface area contributed by atoms with Crippen LogP contribution < -0.4 is 10.1 Å². The molecule has 0 radical (unpaired) electrons. The predicted molar refractivity (Wildman–Crippen MR) is 56.8 cm³/mol. The van der Waals surface area contributed by atoms with Crippen molar-refractivity contribution in [3.05, 3.63) is 17.8 Å². The van der Waals surface area contributed by atoms with Crippen LogP contribution in [0, 0.1) is 0 Å². The molecular formula is C9H11N3OS. The van der Waals surface area contributed by atoms with Gasteiger partial charge in [0.15, 0.2) is 0 Å². The van der Waals surface area contributed by atoms with Crippen LogP contribution in [0.4, 0.5) is 0 Å². The van der Waals surface area contributed by atoms with E-state index in [0.29, 0.717) is 12.5 Å². The minimum Gasteiger partial charge on any atom is -0.476 e. The topological polar surface area (TPSA) is 47.0 Å². The van der Waals surface area contributed by atoms with Crippen molar-refractivity contribution in [3.8, 4) is 5.88 Å². The fourth-order valence-electron chi connectivity index (χ4n) is 1.13. The number of thiophene rings is 1. The summed E-state index contributed by atoms with van der Waals surface area (Å²) in [7, 11) is 1.89. The smallest absolute Gasteiger partial charge is 0.225 e. The highest BCUT2D eigenvalue weighted by Gasteiger charge is 2.04. The van der Waals surface area contributed by atoms with Crippen LogP contribution in [0.1, 0.15) is 0 Å². The first-order chi connectivity index (χ1) is 6.92. The monoisotopic (exact) mass is 209 g/mol. The van der Waals surface area contributed by atoms with E-state index in [4.69, 9.17) is 4.74 Å². The van der Waals surface area contributed by atoms with Crippen molar-refractivity contribution in [2.24, 2.45) is 0 Å². The zero-order chi connectivity index (χ0) is 9.80. The minimum atomic E-state index is 0.623. The number of ether oxygens (including phenoxy) is 1. The van der Waals surface area contributed by atoms with Crippen molar-refractivity contribution in [1.29, 1.82) is 0 Å². The lowest BCUT2D eigenvalue weighted by molar-refractivity contribution is 0.310. The Balaban J connectivity index is 2.19. The van der Waals surface area contributed by atoms with Crippen molar-refractivity contribution in [2.75, 3.05) is 20.2 Å². The normalized spacial score (nSPS) is 10.6. The second-order valence-electron chi connectivity index (χ2n) is 2.77. The second kappa shape index (κ2) is 4.34. The van der Waals surface area contributed by atoms with E-state index in [0.717, 1.165) is 16.8 Å². The summed E-state index contributed by atoms with van der Waals surface area (Å²) in [5.41, 5.74) is 0. The van der Waals surface area contributed by atoms with Crippen molar-refractivity contribution in [2.45, 2.75) is 0 Å². The number of hydrogen-bond donors (Lipinski definition) is 1. The molecular weight excluding hydrogens is 198 g/mol. The summed E-state index contributed by atoms with van der Waals surface area (Å²) in [5.74, 6) is 0.673. The molecule has 2 rings (SSSR count). The van der Waals surface area contributed by atoms with Crippen LogP contribution in [0.3, 0.4) is 0 Å². The number of nitrogens with zero attached hydrogens (tertiary/aromatic N) is 2. The van der Waals surface area contributed by atoms with E-state index in [2.05, 4.69) is 15.3 Å². The molecule has 74 valence electrons. The Hall–Kier alpha value is -1.20.